The summed E-state index contributed by atoms with van der Waals surface area (Å²) < 4.78 is 24.0. The summed E-state index contributed by atoms with van der Waals surface area (Å²) in [5, 5.41) is 4.06. The lowest BCUT2D eigenvalue weighted by Gasteiger charge is -2.33. The van der Waals surface area contributed by atoms with E-state index in [2.05, 4.69) is 15.0 Å². The van der Waals surface area contributed by atoms with Gasteiger partial charge in [-0.05, 0) is 19.1 Å². The molecule has 0 saturated carbocycles. The number of benzene rings is 2. The molecule has 3 aromatic rings. The van der Waals surface area contributed by atoms with E-state index in [1.165, 1.54) is 17.7 Å². The predicted octanol–water partition coefficient (Wildman–Crippen LogP) is 2.91. The predicted molar refractivity (Wildman–Crippen MR) is 108 cm³/mol. The number of rotatable bonds is 6. The summed E-state index contributed by atoms with van der Waals surface area (Å²) in [6, 6.07) is 13.8. The van der Waals surface area contributed by atoms with E-state index in [9.17, 15) is 9.18 Å². The topological polar surface area (TPSA) is 71.7 Å². The Balaban J connectivity index is 1.24. The fraction of sp³-hybridized carbons (Fsp3) is 0.318. The molecule has 1 amide bonds. The molecule has 0 N–H and O–H groups in total. The van der Waals surface area contributed by atoms with Crippen LogP contribution < -0.4 is 4.74 Å². The molecule has 1 fully saturated rings. The molecule has 1 aliphatic rings. The van der Waals surface area contributed by atoms with Crippen LogP contribution in [0.15, 0.2) is 53.1 Å². The lowest BCUT2D eigenvalue weighted by atomic mass is 10.1. The van der Waals surface area contributed by atoms with Gasteiger partial charge in [0, 0.05) is 37.8 Å². The molecule has 0 aliphatic carbocycles. The van der Waals surface area contributed by atoms with Crippen LogP contribution in [0.4, 0.5) is 4.39 Å². The molecule has 8 heteroatoms. The van der Waals surface area contributed by atoms with E-state index < -0.39 is 0 Å². The van der Waals surface area contributed by atoms with Crippen molar-refractivity contribution in [3.63, 3.8) is 0 Å². The molecule has 156 valence electrons. The van der Waals surface area contributed by atoms with Crippen LogP contribution in [0.1, 0.15) is 11.5 Å². The molecule has 4 rings (SSSR count). The number of nitrogens with zero attached hydrogens (tertiary/aromatic N) is 4. The molecule has 0 radical (unpaired) electrons. The zero-order valence-electron chi connectivity index (χ0n) is 16.8. The van der Waals surface area contributed by atoms with Gasteiger partial charge in [-0.1, -0.05) is 41.1 Å². The Morgan fingerprint density at radius 3 is 2.63 bits per heavy atom. The highest BCUT2D eigenvalue weighted by Gasteiger charge is 2.23. The SMILES string of the molecule is Cc1ccc(-c2noc(CN3CCN(C(=O)COc4cccc(F)c4)CC3)n2)cc1. The highest BCUT2D eigenvalue weighted by Crippen LogP contribution is 2.17. The standard InChI is InChI=1S/C22H23FN4O3/c1-16-5-7-17(8-6-16)22-24-20(30-25-22)14-26-9-11-27(12-10-26)21(28)15-29-19-4-2-3-18(23)13-19/h2-8,13H,9-12,14-15H2,1H3. The molecular formula is C22H23FN4O3. The Kier molecular flexibility index (Phi) is 6.04. The highest BCUT2D eigenvalue weighted by atomic mass is 19.1. The minimum absolute atomic E-state index is 0.104. The Hall–Kier alpha value is -3.26. The van der Waals surface area contributed by atoms with Crippen LogP contribution in [0, 0.1) is 12.7 Å². The summed E-state index contributed by atoms with van der Waals surface area (Å²) in [5.41, 5.74) is 2.10. The summed E-state index contributed by atoms with van der Waals surface area (Å²) in [5.74, 6) is 0.981. The molecule has 0 unspecified atom stereocenters. The number of piperazine rings is 1. The minimum atomic E-state index is -0.389. The minimum Gasteiger partial charge on any atom is -0.484 e. The second-order valence-electron chi connectivity index (χ2n) is 7.28. The highest BCUT2D eigenvalue weighted by molar-refractivity contribution is 5.77. The summed E-state index contributed by atoms with van der Waals surface area (Å²) in [7, 11) is 0. The van der Waals surface area contributed by atoms with Gasteiger partial charge >= 0.3 is 0 Å². The van der Waals surface area contributed by atoms with E-state index >= 15 is 0 Å². The molecule has 1 aliphatic heterocycles. The van der Waals surface area contributed by atoms with Gasteiger partial charge in [0.05, 0.1) is 6.54 Å². The largest absolute Gasteiger partial charge is 0.484 e. The third-order valence-electron chi connectivity index (χ3n) is 5.02. The molecule has 0 atom stereocenters. The van der Waals surface area contributed by atoms with Gasteiger partial charge in [-0.3, -0.25) is 9.69 Å². The van der Waals surface area contributed by atoms with Crippen LogP contribution in [-0.4, -0.2) is 58.6 Å². The first kappa shape index (κ1) is 20.0. The molecule has 0 spiro atoms. The zero-order valence-corrected chi connectivity index (χ0v) is 16.8. The van der Waals surface area contributed by atoms with Crippen LogP contribution in [-0.2, 0) is 11.3 Å². The lowest BCUT2D eigenvalue weighted by molar-refractivity contribution is -0.135. The summed E-state index contributed by atoms with van der Waals surface area (Å²) >= 11 is 0. The number of hydrogen-bond donors (Lipinski definition) is 0. The molecule has 0 bridgehead atoms. The van der Waals surface area contributed by atoms with Crippen molar-refractivity contribution >= 4 is 5.91 Å². The van der Waals surface area contributed by atoms with Gasteiger partial charge in [0.1, 0.15) is 11.6 Å². The number of halogens is 1. The number of carbonyl (C=O) groups is 1. The molecule has 1 aromatic heterocycles. The van der Waals surface area contributed by atoms with Crippen LogP contribution in [0.2, 0.25) is 0 Å². The van der Waals surface area contributed by atoms with Gasteiger partial charge in [-0.2, -0.15) is 4.98 Å². The average molecular weight is 410 g/mol. The van der Waals surface area contributed by atoms with Crippen molar-refractivity contribution in [1.82, 2.24) is 19.9 Å². The van der Waals surface area contributed by atoms with Crippen molar-refractivity contribution in [2.75, 3.05) is 32.8 Å². The first-order chi connectivity index (χ1) is 14.6. The van der Waals surface area contributed by atoms with E-state index in [1.54, 1.807) is 17.0 Å². The third kappa shape index (κ3) is 5.01. The summed E-state index contributed by atoms with van der Waals surface area (Å²) in [6.07, 6.45) is 0. The van der Waals surface area contributed by atoms with E-state index in [0.717, 1.165) is 5.56 Å². The number of hydrogen-bond acceptors (Lipinski definition) is 6. The second kappa shape index (κ2) is 9.04. The quantitative estimate of drug-likeness (QED) is 0.622. The first-order valence-corrected chi connectivity index (χ1v) is 9.85. The van der Waals surface area contributed by atoms with E-state index in [-0.39, 0.29) is 18.3 Å². The Morgan fingerprint density at radius 2 is 1.90 bits per heavy atom. The van der Waals surface area contributed by atoms with Crippen LogP contribution >= 0.6 is 0 Å². The normalized spacial score (nSPS) is 14.7. The van der Waals surface area contributed by atoms with Gasteiger partial charge in [-0.15, -0.1) is 0 Å². The van der Waals surface area contributed by atoms with E-state index in [0.29, 0.717) is 50.2 Å². The average Bonchev–Trinajstić information content (AvgIpc) is 3.21. The third-order valence-corrected chi connectivity index (χ3v) is 5.02. The van der Waals surface area contributed by atoms with Crippen LogP contribution in [0.25, 0.3) is 11.4 Å². The van der Waals surface area contributed by atoms with Crippen molar-refractivity contribution in [2.45, 2.75) is 13.5 Å². The van der Waals surface area contributed by atoms with E-state index in [1.807, 2.05) is 31.2 Å². The fourth-order valence-corrected chi connectivity index (χ4v) is 3.28. The Bertz CT molecular complexity index is 998. The Labute approximate surface area is 174 Å². The summed E-state index contributed by atoms with van der Waals surface area (Å²) in [6.45, 7) is 5.05. The molecule has 2 aromatic carbocycles. The van der Waals surface area contributed by atoms with Gasteiger partial charge < -0.3 is 14.2 Å². The maximum atomic E-state index is 13.2. The number of amides is 1. The molecule has 1 saturated heterocycles. The van der Waals surface area contributed by atoms with Gasteiger partial charge in [-0.25, -0.2) is 4.39 Å². The number of aromatic nitrogens is 2. The van der Waals surface area contributed by atoms with Gasteiger partial charge in [0.25, 0.3) is 5.91 Å². The lowest BCUT2D eigenvalue weighted by Crippen LogP contribution is -2.49. The molecule has 7 nitrogen and oxygen atoms in total. The van der Waals surface area contributed by atoms with Crippen molar-refractivity contribution in [1.29, 1.82) is 0 Å². The Morgan fingerprint density at radius 1 is 1.13 bits per heavy atom. The van der Waals surface area contributed by atoms with Crippen LogP contribution in [0.5, 0.6) is 5.75 Å². The van der Waals surface area contributed by atoms with Crippen molar-refractivity contribution in [3.8, 4) is 17.1 Å². The zero-order chi connectivity index (χ0) is 20.9. The van der Waals surface area contributed by atoms with Gasteiger partial charge in [0.2, 0.25) is 11.7 Å². The monoisotopic (exact) mass is 410 g/mol. The smallest absolute Gasteiger partial charge is 0.260 e. The fourth-order valence-electron chi connectivity index (χ4n) is 3.28. The maximum Gasteiger partial charge on any atom is 0.260 e. The molecule has 2 heterocycles. The van der Waals surface area contributed by atoms with Crippen molar-refractivity contribution < 1.29 is 18.4 Å². The molecule has 30 heavy (non-hydrogen) atoms. The van der Waals surface area contributed by atoms with Crippen molar-refractivity contribution in [3.05, 3.63) is 65.8 Å². The number of carbonyl (C=O) groups excluding carboxylic acids is 1. The van der Waals surface area contributed by atoms with Gasteiger partial charge in [0.15, 0.2) is 6.61 Å². The molecular weight excluding hydrogens is 387 g/mol. The number of aryl methyl sites for hydroxylation is 1. The van der Waals surface area contributed by atoms with E-state index in [4.69, 9.17) is 9.26 Å². The number of ether oxygens (including phenoxy) is 1. The van der Waals surface area contributed by atoms with Crippen LogP contribution in [0.3, 0.4) is 0 Å². The summed E-state index contributed by atoms with van der Waals surface area (Å²) in [4.78, 5) is 20.8. The van der Waals surface area contributed by atoms with Crippen molar-refractivity contribution in [2.24, 2.45) is 0 Å². The maximum absolute atomic E-state index is 13.2. The first-order valence-electron chi connectivity index (χ1n) is 9.85. The second-order valence-corrected chi connectivity index (χ2v) is 7.28.